The van der Waals surface area contributed by atoms with Gasteiger partial charge < -0.3 is 15.4 Å². The van der Waals surface area contributed by atoms with Gasteiger partial charge >= 0.3 is 0 Å². The van der Waals surface area contributed by atoms with Crippen molar-refractivity contribution in [2.24, 2.45) is 4.99 Å². The van der Waals surface area contributed by atoms with Crippen LogP contribution in [0.3, 0.4) is 0 Å². The van der Waals surface area contributed by atoms with Gasteiger partial charge in [0.05, 0.1) is 11.5 Å². The van der Waals surface area contributed by atoms with Gasteiger partial charge in [-0.3, -0.25) is 15.0 Å². The summed E-state index contributed by atoms with van der Waals surface area (Å²) in [6, 6.07) is 7.46. The summed E-state index contributed by atoms with van der Waals surface area (Å²) in [6.07, 6.45) is 0.888. The lowest BCUT2D eigenvalue weighted by Gasteiger charge is -2.30. The van der Waals surface area contributed by atoms with Crippen molar-refractivity contribution in [3.8, 4) is 0 Å². The van der Waals surface area contributed by atoms with E-state index in [2.05, 4.69) is 48.2 Å². The van der Waals surface area contributed by atoms with Gasteiger partial charge in [0, 0.05) is 57.6 Å². The Morgan fingerprint density at radius 1 is 1.14 bits per heavy atom. The summed E-state index contributed by atoms with van der Waals surface area (Å²) in [5.74, 6) is 0.738. The van der Waals surface area contributed by atoms with Crippen molar-refractivity contribution in [2.75, 3.05) is 33.4 Å². The first-order chi connectivity index (χ1) is 13.3. The minimum atomic E-state index is -0.396. The van der Waals surface area contributed by atoms with E-state index in [1.165, 1.54) is 12.1 Å². The van der Waals surface area contributed by atoms with E-state index in [0.717, 1.165) is 37.6 Å². The van der Waals surface area contributed by atoms with Crippen molar-refractivity contribution in [3.05, 3.63) is 39.9 Å². The fourth-order valence-corrected chi connectivity index (χ4v) is 2.91. The first kappa shape index (κ1) is 23.8. The highest BCUT2D eigenvalue weighted by atomic mass is 16.6. The Labute approximate surface area is 168 Å². The highest BCUT2D eigenvalue weighted by Crippen LogP contribution is 2.12. The maximum atomic E-state index is 10.8. The lowest BCUT2D eigenvalue weighted by Crippen LogP contribution is -2.45. The number of guanidine groups is 1. The molecule has 0 heterocycles. The molecule has 1 aromatic carbocycles. The average molecular weight is 394 g/mol. The van der Waals surface area contributed by atoms with Crippen LogP contribution in [0, 0.1) is 10.1 Å². The Hall–Kier alpha value is -2.19. The molecule has 158 valence electrons. The number of benzene rings is 1. The van der Waals surface area contributed by atoms with Gasteiger partial charge in [0.1, 0.15) is 0 Å². The van der Waals surface area contributed by atoms with Gasteiger partial charge in [-0.25, -0.2) is 4.99 Å². The zero-order chi connectivity index (χ0) is 20.9. The monoisotopic (exact) mass is 393 g/mol. The fraction of sp³-hybridized carbons (Fsp3) is 0.650. The number of nitro groups is 1. The van der Waals surface area contributed by atoms with Gasteiger partial charge in [-0.1, -0.05) is 12.1 Å². The number of hydrogen-bond donors (Lipinski definition) is 2. The normalized spacial score (nSPS) is 12.1. The van der Waals surface area contributed by atoms with Crippen LogP contribution in [0.15, 0.2) is 29.3 Å². The van der Waals surface area contributed by atoms with Crippen LogP contribution in [-0.2, 0) is 11.3 Å². The second-order valence-corrected chi connectivity index (χ2v) is 7.21. The van der Waals surface area contributed by atoms with E-state index in [-0.39, 0.29) is 5.69 Å². The third kappa shape index (κ3) is 9.14. The lowest BCUT2D eigenvalue weighted by atomic mass is 10.2. The molecule has 0 amide bonds. The summed E-state index contributed by atoms with van der Waals surface area (Å²) >= 11 is 0. The highest BCUT2D eigenvalue weighted by molar-refractivity contribution is 5.79. The Balaban J connectivity index is 2.66. The van der Waals surface area contributed by atoms with Crippen molar-refractivity contribution in [3.63, 3.8) is 0 Å². The predicted molar refractivity (Wildman–Crippen MR) is 114 cm³/mol. The number of methoxy groups -OCH3 is 1. The van der Waals surface area contributed by atoms with E-state index in [1.54, 1.807) is 19.2 Å². The average Bonchev–Trinajstić information content (AvgIpc) is 2.65. The van der Waals surface area contributed by atoms with Gasteiger partial charge in [-0.15, -0.1) is 0 Å². The Kier molecular flexibility index (Phi) is 11.1. The molecule has 0 aliphatic rings. The molecular formula is C20H35N5O3. The van der Waals surface area contributed by atoms with Crippen LogP contribution in [0.25, 0.3) is 0 Å². The Morgan fingerprint density at radius 2 is 1.75 bits per heavy atom. The van der Waals surface area contributed by atoms with Gasteiger partial charge in [-0.05, 0) is 39.7 Å². The molecule has 0 saturated heterocycles. The SMILES string of the molecule is COCCCNC(=NCc1ccc([N+](=O)[O-])cc1)NCCN(C(C)C)C(C)C. The summed E-state index contributed by atoms with van der Waals surface area (Å²) in [6.45, 7) is 12.4. The van der Waals surface area contributed by atoms with Crippen LogP contribution in [0.2, 0.25) is 0 Å². The topological polar surface area (TPSA) is 92.0 Å². The molecule has 0 aromatic heterocycles. The molecular weight excluding hydrogens is 358 g/mol. The van der Waals surface area contributed by atoms with Crippen LogP contribution < -0.4 is 10.6 Å². The molecule has 8 nitrogen and oxygen atoms in total. The number of rotatable bonds is 12. The molecule has 0 aliphatic carbocycles. The Morgan fingerprint density at radius 3 is 2.29 bits per heavy atom. The number of nitrogens with one attached hydrogen (secondary N) is 2. The molecule has 0 aliphatic heterocycles. The summed E-state index contributed by atoms with van der Waals surface area (Å²) in [4.78, 5) is 17.4. The molecule has 8 heteroatoms. The maximum Gasteiger partial charge on any atom is 0.269 e. The minimum Gasteiger partial charge on any atom is -0.385 e. The van der Waals surface area contributed by atoms with Crippen LogP contribution in [0.4, 0.5) is 5.69 Å². The second-order valence-electron chi connectivity index (χ2n) is 7.21. The van der Waals surface area contributed by atoms with E-state index < -0.39 is 4.92 Å². The zero-order valence-electron chi connectivity index (χ0n) is 17.8. The van der Waals surface area contributed by atoms with Crippen LogP contribution in [0.5, 0.6) is 0 Å². The third-order valence-corrected chi connectivity index (χ3v) is 4.37. The van der Waals surface area contributed by atoms with E-state index in [9.17, 15) is 10.1 Å². The molecule has 2 N–H and O–H groups in total. The van der Waals surface area contributed by atoms with E-state index in [4.69, 9.17) is 4.74 Å². The lowest BCUT2D eigenvalue weighted by molar-refractivity contribution is -0.384. The van der Waals surface area contributed by atoms with Crippen molar-refractivity contribution in [1.29, 1.82) is 0 Å². The number of nitro benzene ring substituents is 1. The van der Waals surface area contributed by atoms with Gasteiger partial charge in [-0.2, -0.15) is 0 Å². The number of non-ortho nitro benzene ring substituents is 1. The van der Waals surface area contributed by atoms with Crippen LogP contribution in [-0.4, -0.2) is 61.2 Å². The molecule has 0 saturated carbocycles. The first-order valence-electron chi connectivity index (χ1n) is 9.85. The maximum absolute atomic E-state index is 10.8. The molecule has 1 rings (SSSR count). The molecule has 0 spiro atoms. The summed E-state index contributed by atoms with van der Waals surface area (Å²) in [5.41, 5.74) is 1.01. The zero-order valence-corrected chi connectivity index (χ0v) is 17.8. The van der Waals surface area contributed by atoms with Gasteiger partial charge in [0.2, 0.25) is 0 Å². The van der Waals surface area contributed by atoms with Gasteiger partial charge in [0.15, 0.2) is 5.96 Å². The summed E-state index contributed by atoms with van der Waals surface area (Å²) in [5, 5.41) is 17.5. The van der Waals surface area contributed by atoms with E-state index in [0.29, 0.717) is 25.2 Å². The highest BCUT2D eigenvalue weighted by Gasteiger charge is 2.12. The standard InChI is InChI=1S/C20H35N5O3/c1-16(2)24(17(3)4)13-12-22-20(21-11-6-14-28-5)23-15-18-7-9-19(10-8-18)25(26)27/h7-10,16-17H,6,11-15H2,1-5H3,(H2,21,22,23). The molecule has 0 bridgehead atoms. The van der Waals surface area contributed by atoms with Crippen molar-refractivity contribution >= 4 is 11.6 Å². The van der Waals surface area contributed by atoms with Crippen molar-refractivity contribution in [2.45, 2.75) is 52.7 Å². The number of ether oxygens (including phenoxy) is 1. The molecule has 0 fully saturated rings. The number of nitrogens with zero attached hydrogens (tertiary/aromatic N) is 3. The third-order valence-electron chi connectivity index (χ3n) is 4.37. The van der Waals surface area contributed by atoms with Gasteiger partial charge in [0.25, 0.3) is 5.69 Å². The van der Waals surface area contributed by atoms with Crippen LogP contribution in [0.1, 0.15) is 39.7 Å². The molecule has 28 heavy (non-hydrogen) atoms. The largest absolute Gasteiger partial charge is 0.385 e. The van der Waals surface area contributed by atoms with Crippen LogP contribution >= 0.6 is 0 Å². The second kappa shape index (κ2) is 13.1. The fourth-order valence-electron chi connectivity index (χ4n) is 2.91. The minimum absolute atomic E-state index is 0.0891. The summed E-state index contributed by atoms with van der Waals surface area (Å²) in [7, 11) is 1.69. The molecule has 0 radical (unpaired) electrons. The smallest absolute Gasteiger partial charge is 0.269 e. The predicted octanol–water partition coefficient (Wildman–Crippen LogP) is 2.79. The molecule has 0 atom stereocenters. The Bertz CT molecular complexity index is 594. The molecule has 1 aromatic rings. The first-order valence-corrected chi connectivity index (χ1v) is 9.85. The van der Waals surface area contributed by atoms with E-state index in [1.807, 2.05) is 0 Å². The molecule has 0 unspecified atom stereocenters. The van der Waals surface area contributed by atoms with E-state index >= 15 is 0 Å². The summed E-state index contributed by atoms with van der Waals surface area (Å²) < 4.78 is 5.09. The van der Waals surface area contributed by atoms with Crippen molar-refractivity contribution in [1.82, 2.24) is 15.5 Å². The number of aliphatic imine (C=N–C) groups is 1. The number of hydrogen-bond acceptors (Lipinski definition) is 5. The van der Waals surface area contributed by atoms with Crippen molar-refractivity contribution < 1.29 is 9.66 Å². The quantitative estimate of drug-likeness (QED) is 0.187.